The van der Waals surface area contributed by atoms with Gasteiger partial charge < -0.3 is 15.5 Å². The molecule has 0 aliphatic carbocycles. The molecule has 0 unspecified atom stereocenters. The van der Waals surface area contributed by atoms with E-state index in [0.29, 0.717) is 12.5 Å². The largest absolute Gasteiger partial charge is 0.357 e. The van der Waals surface area contributed by atoms with Crippen molar-refractivity contribution in [2.24, 2.45) is 4.99 Å². The Morgan fingerprint density at radius 1 is 1.26 bits per heavy atom. The highest BCUT2D eigenvalue weighted by Gasteiger charge is 2.09. The summed E-state index contributed by atoms with van der Waals surface area (Å²) in [6.45, 7) is 6.26. The first-order chi connectivity index (χ1) is 13.1. The Bertz CT molecular complexity index is 731. The van der Waals surface area contributed by atoms with Gasteiger partial charge in [-0.2, -0.15) is 0 Å². The molecule has 146 valence electrons. The van der Waals surface area contributed by atoms with Crippen LogP contribution in [-0.4, -0.2) is 60.0 Å². The fraction of sp³-hybridized carbons (Fsp3) is 0.474. The van der Waals surface area contributed by atoms with Crippen LogP contribution in [0.4, 0.5) is 0 Å². The Kier molecular flexibility index (Phi) is 8.70. The van der Waals surface area contributed by atoms with E-state index in [-0.39, 0.29) is 12.5 Å². The third kappa shape index (κ3) is 7.74. The van der Waals surface area contributed by atoms with Gasteiger partial charge in [0.15, 0.2) is 5.96 Å². The molecule has 7 nitrogen and oxygen atoms in total. The maximum atomic E-state index is 12.3. The number of amides is 1. The van der Waals surface area contributed by atoms with Gasteiger partial charge in [0.2, 0.25) is 5.91 Å². The topological polar surface area (TPSA) is 82.5 Å². The van der Waals surface area contributed by atoms with Crippen molar-refractivity contribution in [1.82, 2.24) is 25.5 Å². The summed E-state index contributed by atoms with van der Waals surface area (Å²) >= 11 is 1.70. The second-order valence-electron chi connectivity index (χ2n) is 6.12. The first-order valence-corrected chi connectivity index (χ1v) is 9.97. The summed E-state index contributed by atoms with van der Waals surface area (Å²) < 4.78 is 0. The van der Waals surface area contributed by atoms with Gasteiger partial charge in [-0.05, 0) is 26.0 Å². The SMILES string of the molecule is CCNC(=NCC(=O)N(C)CCc1ccccn1)NCCc1ncc(C)s1. The Balaban J connectivity index is 1.76. The smallest absolute Gasteiger partial charge is 0.244 e. The molecule has 0 spiro atoms. The van der Waals surface area contributed by atoms with Crippen molar-refractivity contribution in [3.8, 4) is 0 Å². The molecule has 0 fully saturated rings. The average molecular weight is 389 g/mol. The van der Waals surface area contributed by atoms with Crippen molar-refractivity contribution in [3.63, 3.8) is 0 Å². The zero-order valence-corrected chi connectivity index (χ0v) is 17.1. The van der Waals surface area contributed by atoms with Gasteiger partial charge in [-0.1, -0.05) is 6.07 Å². The van der Waals surface area contributed by atoms with Crippen LogP contribution < -0.4 is 10.6 Å². The third-order valence-corrected chi connectivity index (χ3v) is 4.84. The quantitative estimate of drug-likeness (QED) is 0.504. The van der Waals surface area contributed by atoms with Crippen LogP contribution in [0.25, 0.3) is 0 Å². The standard InChI is InChI=1S/C19H28N6OS/c1-4-20-19(22-11-8-17-23-13-15(2)27-17)24-14-18(26)25(3)12-9-16-7-5-6-10-21-16/h5-7,10,13H,4,8-9,11-12,14H2,1-3H3,(H2,20,22,24). The average Bonchev–Trinajstić information content (AvgIpc) is 3.09. The van der Waals surface area contributed by atoms with E-state index in [2.05, 4.69) is 32.5 Å². The molecule has 1 amide bonds. The molecule has 2 rings (SSSR count). The Morgan fingerprint density at radius 2 is 2.11 bits per heavy atom. The number of nitrogens with zero attached hydrogens (tertiary/aromatic N) is 4. The van der Waals surface area contributed by atoms with Gasteiger partial charge in [0.25, 0.3) is 0 Å². The molecule has 0 saturated heterocycles. The normalized spacial score (nSPS) is 11.3. The molecule has 2 aromatic heterocycles. The molecule has 0 saturated carbocycles. The van der Waals surface area contributed by atoms with Gasteiger partial charge in [0.05, 0.1) is 5.01 Å². The number of thiazole rings is 1. The molecule has 8 heteroatoms. The summed E-state index contributed by atoms with van der Waals surface area (Å²) in [6, 6.07) is 5.81. The Morgan fingerprint density at radius 3 is 2.78 bits per heavy atom. The zero-order valence-electron chi connectivity index (χ0n) is 16.2. The number of aryl methyl sites for hydroxylation is 1. The molecule has 2 aromatic rings. The number of likely N-dealkylation sites (N-methyl/N-ethyl adjacent to an activating group) is 1. The monoisotopic (exact) mass is 388 g/mol. The Labute approximate surface area is 164 Å². The van der Waals surface area contributed by atoms with Crippen LogP contribution in [0.3, 0.4) is 0 Å². The van der Waals surface area contributed by atoms with Crippen LogP contribution in [-0.2, 0) is 17.6 Å². The van der Waals surface area contributed by atoms with Crippen LogP contribution in [0.2, 0.25) is 0 Å². The van der Waals surface area contributed by atoms with Gasteiger partial charge in [-0.25, -0.2) is 9.98 Å². The number of nitrogens with one attached hydrogen (secondary N) is 2. The summed E-state index contributed by atoms with van der Waals surface area (Å²) in [4.78, 5) is 28.2. The first-order valence-electron chi connectivity index (χ1n) is 9.16. The van der Waals surface area contributed by atoms with E-state index in [1.54, 1.807) is 29.5 Å². The lowest BCUT2D eigenvalue weighted by Gasteiger charge is -2.16. The summed E-state index contributed by atoms with van der Waals surface area (Å²) in [6.07, 6.45) is 5.22. The van der Waals surface area contributed by atoms with Crippen LogP contribution >= 0.6 is 11.3 Å². The second-order valence-corrected chi connectivity index (χ2v) is 7.44. The summed E-state index contributed by atoms with van der Waals surface area (Å²) in [5, 5.41) is 7.52. The van der Waals surface area contributed by atoms with Gasteiger partial charge in [-0.15, -0.1) is 11.3 Å². The zero-order chi connectivity index (χ0) is 19.5. The second kappa shape index (κ2) is 11.3. The number of hydrogen-bond donors (Lipinski definition) is 2. The van der Waals surface area contributed by atoms with E-state index in [1.165, 1.54) is 4.88 Å². The molecule has 0 aromatic carbocycles. The van der Waals surface area contributed by atoms with Crippen molar-refractivity contribution in [2.75, 3.05) is 33.2 Å². The molecule has 2 heterocycles. The maximum Gasteiger partial charge on any atom is 0.244 e. The van der Waals surface area contributed by atoms with Crippen LogP contribution in [0, 0.1) is 6.92 Å². The minimum atomic E-state index is -0.0151. The Hall–Kier alpha value is -2.48. The summed E-state index contributed by atoms with van der Waals surface area (Å²) in [5.74, 6) is 0.635. The predicted molar refractivity (Wildman–Crippen MR) is 110 cm³/mol. The molecular weight excluding hydrogens is 360 g/mol. The molecule has 0 aliphatic rings. The fourth-order valence-electron chi connectivity index (χ4n) is 2.37. The summed E-state index contributed by atoms with van der Waals surface area (Å²) in [5.41, 5.74) is 0.980. The van der Waals surface area contributed by atoms with E-state index in [1.807, 2.05) is 31.3 Å². The lowest BCUT2D eigenvalue weighted by Crippen LogP contribution is -2.39. The molecule has 0 bridgehead atoms. The molecule has 0 atom stereocenters. The number of carbonyl (C=O) groups is 1. The lowest BCUT2D eigenvalue weighted by molar-refractivity contribution is -0.128. The molecular formula is C19H28N6OS. The maximum absolute atomic E-state index is 12.3. The highest BCUT2D eigenvalue weighted by molar-refractivity contribution is 7.11. The van der Waals surface area contributed by atoms with Gasteiger partial charge in [0, 0.05) is 62.5 Å². The van der Waals surface area contributed by atoms with Crippen LogP contribution in [0.5, 0.6) is 0 Å². The number of pyridine rings is 1. The van der Waals surface area contributed by atoms with Crippen molar-refractivity contribution < 1.29 is 4.79 Å². The van der Waals surface area contributed by atoms with E-state index in [4.69, 9.17) is 0 Å². The van der Waals surface area contributed by atoms with Crippen LogP contribution in [0.1, 0.15) is 22.5 Å². The van der Waals surface area contributed by atoms with Gasteiger partial charge in [0.1, 0.15) is 6.54 Å². The number of aliphatic imine (C=N–C) groups is 1. The van der Waals surface area contributed by atoms with E-state index >= 15 is 0 Å². The van der Waals surface area contributed by atoms with Crippen LogP contribution in [0.15, 0.2) is 35.6 Å². The van der Waals surface area contributed by atoms with Gasteiger partial charge >= 0.3 is 0 Å². The number of aromatic nitrogens is 2. The van der Waals surface area contributed by atoms with Crippen molar-refractivity contribution in [3.05, 3.63) is 46.2 Å². The number of rotatable bonds is 9. The van der Waals surface area contributed by atoms with Crippen molar-refractivity contribution in [2.45, 2.75) is 26.7 Å². The molecule has 2 N–H and O–H groups in total. The van der Waals surface area contributed by atoms with Gasteiger partial charge in [-0.3, -0.25) is 9.78 Å². The minimum Gasteiger partial charge on any atom is -0.357 e. The minimum absolute atomic E-state index is 0.0151. The fourth-order valence-corrected chi connectivity index (χ4v) is 3.15. The molecule has 0 aliphatic heterocycles. The highest BCUT2D eigenvalue weighted by Crippen LogP contribution is 2.10. The molecule has 0 radical (unpaired) electrons. The third-order valence-electron chi connectivity index (χ3n) is 3.87. The first kappa shape index (κ1) is 20.8. The van der Waals surface area contributed by atoms with Crippen molar-refractivity contribution in [1.29, 1.82) is 0 Å². The highest BCUT2D eigenvalue weighted by atomic mass is 32.1. The summed E-state index contributed by atoms with van der Waals surface area (Å²) in [7, 11) is 1.80. The van der Waals surface area contributed by atoms with Crippen molar-refractivity contribution >= 4 is 23.2 Å². The lowest BCUT2D eigenvalue weighted by atomic mass is 10.2. The van der Waals surface area contributed by atoms with E-state index in [9.17, 15) is 4.79 Å². The predicted octanol–water partition coefficient (Wildman–Crippen LogP) is 1.65. The number of carbonyl (C=O) groups excluding carboxylic acids is 1. The number of guanidine groups is 1. The van der Waals surface area contributed by atoms with E-state index in [0.717, 1.165) is 36.6 Å². The number of hydrogen-bond acceptors (Lipinski definition) is 5. The van der Waals surface area contributed by atoms with E-state index < -0.39 is 0 Å². The molecule has 27 heavy (non-hydrogen) atoms.